The van der Waals surface area contributed by atoms with Crippen LogP contribution >= 0.6 is 0 Å². The number of likely N-dealkylation sites (N-methyl/N-ethyl adjacent to an activating group) is 1. The van der Waals surface area contributed by atoms with Crippen LogP contribution in [-0.2, 0) is 17.6 Å². The van der Waals surface area contributed by atoms with E-state index in [0.29, 0.717) is 6.42 Å². The third kappa shape index (κ3) is 3.90. The summed E-state index contributed by atoms with van der Waals surface area (Å²) in [5.74, 6) is -0.0242. The number of rotatable bonds is 5. The Labute approximate surface area is 165 Å². The second-order valence-electron chi connectivity index (χ2n) is 7.48. The smallest absolute Gasteiger partial charge is 0.228 e. The van der Waals surface area contributed by atoms with Gasteiger partial charge in [0, 0.05) is 37.1 Å². The zero-order chi connectivity index (χ0) is 19.5. The topological polar surface area (TPSA) is 48.7 Å². The SMILES string of the molecule is CCc1ccc2c(CC(=O)Nc3ccccc3N3CCN(C)CC3)coc2c1. The molecule has 4 rings (SSSR count). The molecule has 1 aliphatic rings. The Kier molecular flexibility index (Phi) is 5.35. The van der Waals surface area contributed by atoms with Gasteiger partial charge in [-0.25, -0.2) is 0 Å². The molecule has 2 heterocycles. The van der Waals surface area contributed by atoms with E-state index in [1.54, 1.807) is 6.26 Å². The fraction of sp³-hybridized carbons (Fsp3) is 0.348. The number of furan rings is 1. The lowest BCUT2D eigenvalue weighted by atomic mass is 10.1. The molecule has 0 aliphatic carbocycles. The number of carbonyl (C=O) groups is 1. The molecule has 0 spiro atoms. The maximum Gasteiger partial charge on any atom is 0.228 e. The van der Waals surface area contributed by atoms with Crippen LogP contribution in [0.5, 0.6) is 0 Å². The molecule has 0 bridgehead atoms. The molecule has 1 saturated heterocycles. The largest absolute Gasteiger partial charge is 0.464 e. The number of hydrogen-bond acceptors (Lipinski definition) is 4. The van der Waals surface area contributed by atoms with Crippen LogP contribution in [0.2, 0.25) is 0 Å². The lowest BCUT2D eigenvalue weighted by Gasteiger charge is -2.35. The number of para-hydroxylation sites is 2. The summed E-state index contributed by atoms with van der Waals surface area (Å²) in [6.07, 6.45) is 2.97. The number of benzene rings is 2. The summed E-state index contributed by atoms with van der Waals surface area (Å²) in [5, 5.41) is 4.12. The molecule has 146 valence electrons. The Balaban J connectivity index is 1.49. The molecule has 3 aromatic rings. The molecule has 1 fully saturated rings. The molecule has 1 aromatic heterocycles. The van der Waals surface area contributed by atoms with Gasteiger partial charge in [0.15, 0.2) is 0 Å². The van der Waals surface area contributed by atoms with Crippen molar-refractivity contribution < 1.29 is 9.21 Å². The third-order valence-corrected chi connectivity index (χ3v) is 5.50. The van der Waals surface area contributed by atoms with Crippen molar-refractivity contribution in [1.82, 2.24) is 4.90 Å². The molecule has 0 atom stereocenters. The van der Waals surface area contributed by atoms with Crippen molar-refractivity contribution in [3.8, 4) is 0 Å². The van der Waals surface area contributed by atoms with Crippen LogP contribution in [0.15, 0.2) is 53.1 Å². The van der Waals surface area contributed by atoms with Gasteiger partial charge >= 0.3 is 0 Å². The molecular weight excluding hydrogens is 350 g/mol. The van der Waals surface area contributed by atoms with Crippen LogP contribution in [0.1, 0.15) is 18.1 Å². The first-order valence-electron chi connectivity index (χ1n) is 9.95. The lowest BCUT2D eigenvalue weighted by Crippen LogP contribution is -2.44. The van der Waals surface area contributed by atoms with Crippen molar-refractivity contribution >= 4 is 28.3 Å². The number of hydrogen-bond donors (Lipinski definition) is 1. The van der Waals surface area contributed by atoms with Crippen LogP contribution in [0.4, 0.5) is 11.4 Å². The van der Waals surface area contributed by atoms with Gasteiger partial charge in [0.1, 0.15) is 5.58 Å². The van der Waals surface area contributed by atoms with E-state index >= 15 is 0 Å². The minimum absolute atomic E-state index is 0.0242. The predicted molar refractivity (Wildman–Crippen MR) is 114 cm³/mol. The highest BCUT2D eigenvalue weighted by atomic mass is 16.3. The predicted octanol–water partition coefficient (Wildman–Crippen LogP) is 3.93. The van der Waals surface area contributed by atoms with Gasteiger partial charge < -0.3 is 19.5 Å². The van der Waals surface area contributed by atoms with Crippen molar-refractivity contribution in [3.63, 3.8) is 0 Å². The Morgan fingerprint density at radius 3 is 2.68 bits per heavy atom. The molecule has 1 N–H and O–H groups in total. The molecule has 0 unspecified atom stereocenters. The lowest BCUT2D eigenvalue weighted by molar-refractivity contribution is -0.115. The van der Waals surface area contributed by atoms with E-state index in [0.717, 1.165) is 60.5 Å². The van der Waals surface area contributed by atoms with Gasteiger partial charge in [-0.3, -0.25) is 4.79 Å². The number of carbonyl (C=O) groups excluding carboxylic acids is 1. The van der Waals surface area contributed by atoms with Gasteiger partial charge in [-0.05, 0) is 37.2 Å². The average molecular weight is 377 g/mol. The average Bonchev–Trinajstić information content (AvgIpc) is 3.11. The first-order valence-corrected chi connectivity index (χ1v) is 9.95. The van der Waals surface area contributed by atoms with Gasteiger partial charge in [0.25, 0.3) is 0 Å². The minimum Gasteiger partial charge on any atom is -0.464 e. The van der Waals surface area contributed by atoms with Gasteiger partial charge in [0.05, 0.1) is 24.1 Å². The molecule has 5 nitrogen and oxygen atoms in total. The summed E-state index contributed by atoms with van der Waals surface area (Å²) in [6, 6.07) is 14.3. The van der Waals surface area contributed by atoms with Gasteiger partial charge in [-0.15, -0.1) is 0 Å². The second-order valence-corrected chi connectivity index (χ2v) is 7.48. The van der Waals surface area contributed by atoms with Crippen molar-refractivity contribution in [2.75, 3.05) is 43.4 Å². The van der Waals surface area contributed by atoms with Crippen LogP contribution in [0.25, 0.3) is 11.0 Å². The van der Waals surface area contributed by atoms with Crippen molar-refractivity contribution in [3.05, 3.63) is 59.9 Å². The zero-order valence-corrected chi connectivity index (χ0v) is 16.6. The van der Waals surface area contributed by atoms with E-state index in [-0.39, 0.29) is 5.91 Å². The number of aryl methyl sites for hydroxylation is 1. The maximum atomic E-state index is 12.8. The van der Waals surface area contributed by atoms with E-state index in [1.165, 1.54) is 5.56 Å². The van der Waals surface area contributed by atoms with Crippen LogP contribution < -0.4 is 10.2 Å². The maximum absolute atomic E-state index is 12.8. The monoisotopic (exact) mass is 377 g/mol. The van der Waals surface area contributed by atoms with E-state index < -0.39 is 0 Å². The second kappa shape index (κ2) is 8.07. The first-order chi connectivity index (χ1) is 13.6. The highest BCUT2D eigenvalue weighted by molar-refractivity contribution is 5.97. The van der Waals surface area contributed by atoms with Crippen LogP contribution in [0.3, 0.4) is 0 Å². The van der Waals surface area contributed by atoms with Crippen LogP contribution in [0, 0.1) is 0 Å². The molecule has 2 aromatic carbocycles. The number of fused-ring (bicyclic) bond motifs is 1. The summed E-state index contributed by atoms with van der Waals surface area (Å²) in [5.41, 5.74) is 4.97. The van der Waals surface area contributed by atoms with Crippen molar-refractivity contribution in [2.45, 2.75) is 19.8 Å². The fourth-order valence-corrected chi connectivity index (χ4v) is 3.75. The van der Waals surface area contributed by atoms with Crippen molar-refractivity contribution in [2.24, 2.45) is 0 Å². The standard InChI is InChI=1S/C23H27N3O2/c1-3-17-8-9-19-18(16-28-22(19)14-17)15-23(27)24-20-6-4-5-7-21(20)26-12-10-25(2)11-13-26/h4-9,14,16H,3,10-13,15H2,1-2H3,(H,24,27). The highest BCUT2D eigenvalue weighted by Gasteiger charge is 2.18. The summed E-state index contributed by atoms with van der Waals surface area (Å²) in [4.78, 5) is 17.4. The third-order valence-electron chi connectivity index (χ3n) is 5.50. The molecule has 1 amide bonds. The number of piperazine rings is 1. The molecule has 5 heteroatoms. The van der Waals surface area contributed by atoms with E-state index in [4.69, 9.17) is 4.42 Å². The minimum atomic E-state index is -0.0242. The van der Waals surface area contributed by atoms with Gasteiger partial charge in [0.2, 0.25) is 5.91 Å². The number of nitrogens with zero attached hydrogens (tertiary/aromatic N) is 2. The summed E-state index contributed by atoms with van der Waals surface area (Å²) < 4.78 is 5.68. The summed E-state index contributed by atoms with van der Waals surface area (Å²) in [6.45, 7) is 6.12. The summed E-state index contributed by atoms with van der Waals surface area (Å²) >= 11 is 0. The number of anilines is 2. The Morgan fingerprint density at radius 2 is 1.89 bits per heavy atom. The zero-order valence-electron chi connectivity index (χ0n) is 16.6. The normalized spacial score (nSPS) is 15.1. The number of nitrogens with one attached hydrogen (secondary N) is 1. The van der Waals surface area contributed by atoms with Gasteiger partial charge in [-0.1, -0.05) is 31.2 Å². The quantitative estimate of drug-likeness (QED) is 0.732. The van der Waals surface area contributed by atoms with E-state index in [9.17, 15) is 4.79 Å². The van der Waals surface area contributed by atoms with E-state index in [1.807, 2.05) is 18.2 Å². The Hall–Kier alpha value is -2.79. The first kappa shape index (κ1) is 18.6. The Bertz CT molecular complexity index is 971. The fourth-order valence-electron chi connectivity index (χ4n) is 3.75. The molecule has 0 radical (unpaired) electrons. The van der Waals surface area contributed by atoms with Crippen LogP contribution in [-0.4, -0.2) is 44.0 Å². The highest BCUT2D eigenvalue weighted by Crippen LogP contribution is 2.28. The molecule has 1 aliphatic heterocycles. The number of amides is 1. The Morgan fingerprint density at radius 1 is 1.11 bits per heavy atom. The summed E-state index contributed by atoms with van der Waals surface area (Å²) in [7, 11) is 2.14. The molecule has 0 saturated carbocycles. The molecular formula is C23H27N3O2. The van der Waals surface area contributed by atoms with E-state index in [2.05, 4.69) is 53.4 Å². The van der Waals surface area contributed by atoms with Gasteiger partial charge in [-0.2, -0.15) is 0 Å². The molecule has 28 heavy (non-hydrogen) atoms. The van der Waals surface area contributed by atoms with Crippen molar-refractivity contribution in [1.29, 1.82) is 0 Å².